The van der Waals surface area contributed by atoms with E-state index < -0.39 is 99.8 Å². The first-order chi connectivity index (χ1) is 21.9. The maximum absolute atomic E-state index is 17.5. The Morgan fingerprint density at radius 2 is 1.87 bits per heavy atom. The second-order valence-electron chi connectivity index (χ2n) is 14.2. The smallest absolute Gasteiger partial charge is 0.325 e. The maximum atomic E-state index is 17.5. The van der Waals surface area contributed by atoms with E-state index in [0.29, 0.717) is 19.3 Å². The molecule has 0 unspecified atom stereocenters. The van der Waals surface area contributed by atoms with E-state index in [1.165, 1.54) is 19.1 Å². The fourth-order valence-electron chi connectivity index (χ4n) is 9.07. The number of nitrogens with zero attached hydrogens (tertiary/aromatic N) is 1. The minimum atomic E-state index is -2.35. The Hall–Kier alpha value is -3.30. The van der Waals surface area contributed by atoms with Crippen molar-refractivity contribution in [3.8, 4) is 0 Å². The van der Waals surface area contributed by atoms with E-state index >= 15 is 8.78 Å². The van der Waals surface area contributed by atoms with E-state index in [1.54, 1.807) is 20.8 Å². The van der Waals surface area contributed by atoms with Crippen molar-refractivity contribution in [2.45, 2.75) is 108 Å². The third-order valence-corrected chi connectivity index (χ3v) is 11.1. The number of amides is 1. The number of hydrogen-bond acceptors (Lipinski definition) is 11. The van der Waals surface area contributed by atoms with Crippen molar-refractivity contribution in [2.75, 3.05) is 19.8 Å². The molecule has 0 spiro atoms. The highest BCUT2D eigenvalue weighted by atomic mass is 19.1. The molecule has 0 aromatic rings. The molecule has 0 bridgehead atoms. The van der Waals surface area contributed by atoms with Crippen LogP contribution in [0.3, 0.4) is 0 Å². The second kappa shape index (κ2) is 12.3. The van der Waals surface area contributed by atoms with E-state index in [-0.39, 0.29) is 37.9 Å². The van der Waals surface area contributed by atoms with Crippen LogP contribution in [0.25, 0.3) is 0 Å². The predicted octanol–water partition coefficient (Wildman–Crippen LogP) is 2.80. The van der Waals surface area contributed by atoms with E-state index in [1.807, 2.05) is 0 Å². The molecule has 47 heavy (non-hydrogen) atoms. The number of hydrogen-bond donors (Lipinski definition) is 2. The molecule has 3 saturated carbocycles. The lowest BCUT2D eigenvalue weighted by Crippen LogP contribution is -2.71. The molecule has 1 amide bonds. The van der Waals surface area contributed by atoms with Crippen molar-refractivity contribution in [2.24, 2.45) is 22.7 Å². The van der Waals surface area contributed by atoms with Gasteiger partial charge in [-0.15, -0.1) is 10.1 Å². The molecule has 0 aromatic carbocycles. The summed E-state index contributed by atoms with van der Waals surface area (Å²) in [5.74, 6) is -5.43. The molecule has 2 N–H and O–H groups in total. The Balaban J connectivity index is 1.28. The van der Waals surface area contributed by atoms with Gasteiger partial charge in [-0.25, -0.2) is 8.78 Å². The van der Waals surface area contributed by atoms with Crippen LogP contribution in [0.4, 0.5) is 8.78 Å². The summed E-state index contributed by atoms with van der Waals surface area (Å²) in [6, 6.07) is 0. The molecule has 5 aliphatic rings. The third-order valence-electron chi connectivity index (χ3n) is 11.1. The zero-order valence-corrected chi connectivity index (χ0v) is 26.9. The van der Waals surface area contributed by atoms with Gasteiger partial charge in [-0.3, -0.25) is 19.2 Å². The summed E-state index contributed by atoms with van der Waals surface area (Å²) in [6.07, 6.45) is 0.370. The van der Waals surface area contributed by atoms with Crippen molar-refractivity contribution in [3.63, 3.8) is 0 Å². The van der Waals surface area contributed by atoms with Crippen molar-refractivity contribution < 1.29 is 57.2 Å². The molecule has 0 aromatic heterocycles. The number of nitrogens with one attached hydrogen (secondary N) is 1. The number of rotatable bonds is 12. The van der Waals surface area contributed by atoms with E-state index in [4.69, 9.17) is 14.2 Å². The van der Waals surface area contributed by atoms with Crippen LogP contribution < -0.4 is 5.32 Å². The Bertz CT molecular complexity index is 1400. The summed E-state index contributed by atoms with van der Waals surface area (Å²) < 4.78 is 51.1. The fraction of sp³-hybridized carbons (Fsp3) is 0.750. The van der Waals surface area contributed by atoms with Crippen molar-refractivity contribution >= 4 is 23.4 Å². The number of ketones is 2. The number of carbonyl (C=O) groups is 4. The lowest BCUT2D eigenvalue weighted by Gasteiger charge is -2.63. The molecule has 260 valence electrons. The van der Waals surface area contributed by atoms with Crippen LogP contribution in [0.5, 0.6) is 0 Å². The summed E-state index contributed by atoms with van der Waals surface area (Å²) in [7, 11) is 0. The second-order valence-corrected chi connectivity index (χ2v) is 14.2. The average molecular weight is 669 g/mol. The summed E-state index contributed by atoms with van der Waals surface area (Å²) in [5.41, 5.74) is -6.96. The maximum Gasteiger partial charge on any atom is 0.325 e. The van der Waals surface area contributed by atoms with E-state index in [0.717, 1.165) is 6.08 Å². The fourth-order valence-corrected chi connectivity index (χ4v) is 9.07. The molecular weight excluding hydrogens is 626 g/mol. The van der Waals surface area contributed by atoms with Crippen LogP contribution in [0.1, 0.15) is 72.6 Å². The van der Waals surface area contributed by atoms with Gasteiger partial charge in [0.15, 0.2) is 29.4 Å². The van der Waals surface area contributed by atoms with Gasteiger partial charge in [0.05, 0.1) is 18.8 Å². The predicted molar refractivity (Wildman–Crippen MR) is 157 cm³/mol. The molecule has 1 aliphatic heterocycles. The Morgan fingerprint density at radius 1 is 1.15 bits per heavy atom. The van der Waals surface area contributed by atoms with Crippen molar-refractivity contribution in [3.05, 3.63) is 33.9 Å². The summed E-state index contributed by atoms with van der Waals surface area (Å²) in [5, 5.41) is 23.3. The first kappa shape index (κ1) is 35.0. The van der Waals surface area contributed by atoms with Gasteiger partial charge in [-0.05, 0) is 76.5 Å². The first-order valence-electron chi connectivity index (χ1n) is 16.0. The number of alkyl halides is 2. The van der Waals surface area contributed by atoms with Crippen molar-refractivity contribution in [1.29, 1.82) is 0 Å². The van der Waals surface area contributed by atoms with E-state index in [2.05, 4.69) is 10.2 Å². The van der Waals surface area contributed by atoms with Crippen molar-refractivity contribution in [1.82, 2.24) is 5.32 Å². The number of aliphatic hydroxyl groups excluding tert-OH is 1. The third kappa shape index (κ3) is 5.67. The van der Waals surface area contributed by atoms with Gasteiger partial charge in [-0.1, -0.05) is 19.4 Å². The van der Waals surface area contributed by atoms with Gasteiger partial charge in [0, 0.05) is 23.2 Å². The van der Waals surface area contributed by atoms with Crippen LogP contribution in [-0.4, -0.2) is 88.8 Å². The molecule has 0 radical (unpaired) electrons. The van der Waals surface area contributed by atoms with Gasteiger partial charge < -0.3 is 29.5 Å². The number of carbonyl (C=O) groups excluding carboxylic acids is 4. The van der Waals surface area contributed by atoms with Crippen LogP contribution in [0, 0.1) is 32.8 Å². The molecule has 15 heteroatoms. The zero-order valence-electron chi connectivity index (χ0n) is 26.9. The minimum Gasteiger partial charge on any atom is -0.456 e. The van der Waals surface area contributed by atoms with Crippen LogP contribution in [-0.2, 0) is 38.2 Å². The van der Waals surface area contributed by atoms with Gasteiger partial charge in [0.2, 0.25) is 11.7 Å². The molecule has 4 fully saturated rings. The number of esters is 1. The Morgan fingerprint density at radius 3 is 2.57 bits per heavy atom. The first-order valence-corrected chi connectivity index (χ1v) is 16.0. The van der Waals surface area contributed by atoms with Crippen LogP contribution >= 0.6 is 0 Å². The van der Waals surface area contributed by atoms with Gasteiger partial charge in [0.25, 0.3) is 5.09 Å². The molecule has 1 heterocycles. The highest BCUT2D eigenvalue weighted by Crippen LogP contribution is 2.72. The van der Waals surface area contributed by atoms with E-state index in [9.17, 15) is 34.4 Å². The molecular formula is C32H42F2N2O11. The molecule has 9 atom stereocenters. The Kier molecular flexibility index (Phi) is 9.16. The standard InChI is InChI=1S/C32H42F2N2O11/c1-28(2)46-25-14-19-20-13-22(33)21-12-18(37)9-10-29(21,3)31(20,34)23(38)15-30(19,4)32(25,47-28)24(39)17-44-27(41)16-35-26(40)8-6-5-7-11-45-36(42)43/h9-10,12,19-20,22-23,25,38H,5-8,11,13-17H2,1-4H3,(H,35,40)/t19-,20-,22-,23-,25+,29-,30-,31-,32-/m0/s1. The molecule has 1 saturated heterocycles. The number of Topliss-reactive ketones (excluding diaryl/α,β-unsaturated/α-hetero) is 1. The SMILES string of the molecule is CC1(C)O[C@@H]2C[C@H]3[C@@H]4C[C@H](F)C5=CC(=O)C=C[C@]5(C)[C@@]4(F)[C@@H](O)C[C@]3(C)[C@@]2(C(=O)COC(=O)CNC(=O)CCCCCO[N+](=O)[O-])O1. The quantitative estimate of drug-likeness (QED) is 0.135. The number of aliphatic hydroxyl groups is 1. The van der Waals surface area contributed by atoms with Gasteiger partial charge in [0.1, 0.15) is 12.7 Å². The summed E-state index contributed by atoms with van der Waals surface area (Å²) >= 11 is 0. The number of ether oxygens (including phenoxy) is 3. The molecule has 13 nitrogen and oxygen atoms in total. The normalized spacial score (nSPS) is 39.5. The summed E-state index contributed by atoms with van der Waals surface area (Å²) in [6.45, 7) is 5.10. The lowest BCUT2D eigenvalue weighted by molar-refractivity contribution is -0.757. The van der Waals surface area contributed by atoms with Gasteiger partial charge in [-0.2, -0.15) is 0 Å². The van der Waals surface area contributed by atoms with Crippen LogP contribution in [0.15, 0.2) is 23.8 Å². The lowest BCUT2D eigenvalue weighted by atomic mass is 9.44. The monoisotopic (exact) mass is 668 g/mol. The average Bonchev–Trinajstić information content (AvgIpc) is 3.40. The number of halogens is 2. The molecule has 4 aliphatic carbocycles. The zero-order chi connectivity index (χ0) is 34.6. The Labute approximate surface area is 270 Å². The summed E-state index contributed by atoms with van der Waals surface area (Å²) in [4.78, 5) is 65.2. The molecule has 5 rings (SSSR count). The number of fused-ring (bicyclic) bond motifs is 7. The minimum absolute atomic E-state index is 0.00897. The highest BCUT2D eigenvalue weighted by Gasteiger charge is 2.80. The van der Waals surface area contributed by atoms with Crippen LogP contribution in [0.2, 0.25) is 0 Å². The number of unbranched alkanes of at least 4 members (excludes halogenated alkanes) is 2. The highest BCUT2D eigenvalue weighted by molar-refractivity contribution is 6.01. The topological polar surface area (TPSA) is 181 Å². The number of allylic oxidation sites excluding steroid dienone is 4. The van der Waals surface area contributed by atoms with Gasteiger partial charge >= 0.3 is 5.97 Å². The largest absolute Gasteiger partial charge is 0.456 e.